The van der Waals surface area contributed by atoms with E-state index >= 15 is 0 Å². The minimum atomic E-state index is -2.87. The average Bonchev–Trinajstić information content (AvgIpc) is 2.47. The molecule has 0 atom stereocenters. The van der Waals surface area contributed by atoms with Gasteiger partial charge in [0, 0.05) is 5.75 Å². The van der Waals surface area contributed by atoms with Gasteiger partial charge >= 0.3 is 0 Å². The first kappa shape index (κ1) is 17.6. The topological polar surface area (TPSA) is 96.0 Å². The quantitative estimate of drug-likeness (QED) is 0.311. The average molecular weight is 323 g/mol. The van der Waals surface area contributed by atoms with Crippen LogP contribution in [0.3, 0.4) is 0 Å². The van der Waals surface area contributed by atoms with Crippen LogP contribution < -0.4 is 5.73 Å². The van der Waals surface area contributed by atoms with Crippen LogP contribution in [0.2, 0.25) is 0 Å². The van der Waals surface area contributed by atoms with Gasteiger partial charge in [0.2, 0.25) is 0 Å². The lowest BCUT2D eigenvalue weighted by Gasteiger charge is -2.39. The first-order chi connectivity index (χ1) is 9.39. The number of nitrogens with zero attached hydrogens (tertiary/aromatic N) is 2. The van der Waals surface area contributed by atoms with Gasteiger partial charge in [-0.2, -0.15) is 11.8 Å². The van der Waals surface area contributed by atoms with Gasteiger partial charge in [-0.05, 0) is 45.2 Å². The molecular weight excluding hydrogens is 298 g/mol. The first-order valence-electron chi connectivity index (χ1n) is 6.85. The van der Waals surface area contributed by atoms with E-state index in [2.05, 4.69) is 10.1 Å². The monoisotopic (exact) mass is 323 g/mol. The Hall–Kier alpha value is -0.470. The zero-order valence-corrected chi connectivity index (χ0v) is 13.8. The highest BCUT2D eigenvalue weighted by Crippen LogP contribution is 2.34. The third-order valence-electron chi connectivity index (χ3n) is 4.00. The molecule has 1 fully saturated rings. The number of amidine groups is 1. The standard InChI is InChI=1S/C12H25N3O3S2/c1-3-20(17,18)10-4-7-15-8-5-12(19-2,6-9-15)11(13)14-16/h16H,3-10H2,1-2H3,(H2,13,14). The van der Waals surface area contributed by atoms with Crippen molar-refractivity contribution in [3.8, 4) is 0 Å². The van der Waals surface area contributed by atoms with Crippen molar-refractivity contribution < 1.29 is 13.6 Å². The number of rotatable bonds is 7. The molecule has 3 N–H and O–H groups in total. The molecule has 0 radical (unpaired) electrons. The van der Waals surface area contributed by atoms with Gasteiger partial charge in [0.05, 0.1) is 10.5 Å². The minimum Gasteiger partial charge on any atom is -0.409 e. The first-order valence-corrected chi connectivity index (χ1v) is 9.89. The van der Waals surface area contributed by atoms with Crippen molar-refractivity contribution in [1.29, 1.82) is 0 Å². The maximum absolute atomic E-state index is 11.4. The lowest BCUT2D eigenvalue weighted by molar-refractivity contribution is 0.217. The summed E-state index contributed by atoms with van der Waals surface area (Å²) in [6.45, 7) is 4.17. The maximum atomic E-state index is 11.4. The molecule has 0 saturated carbocycles. The summed E-state index contributed by atoms with van der Waals surface area (Å²) in [6.07, 6.45) is 4.29. The number of piperidine rings is 1. The fourth-order valence-corrected chi connectivity index (χ4v) is 4.14. The summed E-state index contributed by atoms with van der Waals surface area (Å²) in [5, 5.41) is 12.0. The Morgan fingerprint density at radius 1 is 1.45 bits per heavy atom. The highest BCUT2D eigenvalue weighted by Gasteiger charge is 2.37. The van der Waals surface area contributed by atoms with Gasteiger partial charge < -0.3 is 15.8 Å². The largest absolute Gasteiger partial charge is 0.409 e. The number of oxime groups is 1. The molecule has 6 nitrogen and oxygen atoms in total. The molecule has 0 aromatic rings. The summed E-state index contributed by atoms with van der Waals surface area (Å²) in [5.74, 6) is 0.762. The molecule has 0 aliphatic carbocycles. The highest BCUT2D eigenvalue weighted by atomic mass is 32.2. The molecule has 20 heavy (non-hydrogen) atoms. The lowest BCUT2D eigenvalue weighted by atomic mass is 9.94. The summed E-state index contributed by atoms with van der Waals surface area (Å²) in [4.78, 5) is 2.25. The van der Waals surface area contributed by atoms with E-state index in [0.29, 0.717) is 12.3 Å². The maximum Gasteiger partial charge on any atom is 0.155 e. The Kier molecular flexibility index (Phi) is 6.60. The van der Waals surface area contributed by atoms with Crippen LogP contribution in [0.5, 0.6) is 0 Å². The Labute approximate surface area is 125 Å². The van der Waals surface area contributed by atoms with Crippen LogP contribution in [0.15, 0.2) is 5.16 Å². The van der Waals surface area contributed by atoms with Crippen LogP contribution in [0.1, 0.15) is 26.2 Å². The van der Waals surface area contributed by atoms with Crippen molar-refractivity contribution in [3.05, 3.63) is 0 Å². The lowest BCUT2D eigenvalue weighted by Crippen LogP contribution is -2.50. The molecule has 0 unspecified atom stereocenters. The van der Waals surface area contributed by atoms with Crippen LogP contribution in [0.4, 0.5) is 0 Å². The zero-order chi connectivity index (χ0) is 15.2. The molecular formula is C12H25N3O3S2. The molecule has 0 aromatic heterocycles. The van der Waals surface area contributed by atoms with Crippen LogP contribution in [-0.2, 0) is 9.84 Å². The van der Waals surface area contributed by atoms with E-state index in [9.17, 15) is 8.42 Å². The number of hydrogen-bond donors (Lipinski definition) is 2. The molecule has 0 amide bonds. The fraction of sp³-hybridized carbons (Fsp3) is 0.917. The van der Waals surface area contributed by atoms with Gasteiger partial charge in [0.15, 0.2) is 5.84 Å². The van der Waals surface area contributed by atoms with Gasteiger partial charge in [0.25, 0.3) is 0 Å². The van der Waals surface area contributed by atoms with Crippen molar-refractivity contribution in [1.82, 2.24) is 4.90 Å². The van der Waals surface area contributed by atoms with Gasteiger partial charge in [-0.1, -0.05) is 12.1 Å². The highest BCUT2D eigenvalue weighted by molar-refractivity contribution is 8.00. The van der Waals surface area contributed by atoms with Gasteiger partial charge in [0.1, 0.15) is 9.84 Å². The number of nitrogens with two attached hydrogens (primary N) is 1. The second kappa shape index (κ2) is 7.51. The molecule has 0 aromatic carbocycles. The Morgan fingerprint density at radius 3 is 2.50 bits per heavy atom. The zero-order valence-electron chi connectivity index (χ0n) is 12.2. The molecule has 1 aliphatic heterocycles. The minimum absolute atomic E-state index is 0.214. The molecule has 0 bridgehead atoms. The van der Waals surface area contributed by atoms with E-state index in [4.69, 9.17) is 10.9 Å². The van der Waals surface area contributed by atoms with E-state index in [0.717, 1.165) is 32.5 Å². The van der Waals surface area contributed by atoms with E-state index in [1.165, 1.54) is 0 Å². The summed E-state index contributed by atoms with van der Waals surface area (Å²) in [6, 6.07) is 0. The smallest absolute Gasteiger partial charge is 0.155 e. The molecule has 1 heterocycles. The Balaban J connectivity index is 2.43. The fourth-order valence-electron chi connectivity index (χ4n) is 2.45. The van der Waals surface area contributed by atoms with Crippen molar-refractivity contribution >= 4 is 27.4 Å². The summed E-state index contributed by atoms with van der Waals surface area (Å²) in [5.41, 5.74) is 5.80. The SMILES string of the molecule is CCS(=O)(=O)CCCN1CCC(SC)(C(N)=NO)CC1. The third-order valence-corrected chi connectivity index (χ3v) is 7.19. The second-order valence-electron chi connectivity index (χ2n) is 5.12. The molecule has 1 saturated heterocycles. The number of likely N-dealkylation sites (tertiary alicyclic amines) is 1. The van der Waals surface area contributed by atoms with E-state index in [-0.39, 0.29) is 16.3 Å². The predicted octanol–water partition coefficient (Wildman–Crippen LogP) is 0.755. The van der Waals surface area contributed by atoms with Gasteiger partial charge in [-0.25, -0.2) is 8.42 Å². The molecule has 0 spiro atoms. The van der Waals surface area contributed by atoms with Crippen LogP contribution in [0.25, 0.3) is 0 Å². The van der Waals surface area contributed by atoms with Crippen molar-refractivity contribution in [2.24, 2.45) is 10.9 Å². The number of sulfone groups is 1. The van der Waals surface area contributed by atoms with Gasteiger partial charge in [-0.3, -0.25) is 0 Å². The molecule has 1 rings (SSSR count). The van der Waals surface area contributed by atoms with E-state index in [1.54, 1.807) is 18.7 Å². The molecule has 118 valence electrons. The summed E-state index contributed by atoms with van der Waals surface area (Å²) < 4.78 is 22.6. The second-order valence-corrected chi connectivity index (χ2v) is 8.78. The van der Waals surface area contributed by atoms with Crippen molar-refractivity contribution in [3.63, 3.8) is 0 Å². The van der Waals surface area contributed by atoms with Crippen molar-refractivity contribution in [2.45, 2.75) is 30.9 Å². The van der Waals surface area contributed by atoms with Crippen molar-refractivity contribution in [2.75, 3.05) is 37.4 Å². The molecule has 8 heteroatoms. The summed E-state index contributed by atoms with van der Waals surface area (Å²) >= 11 is 1.62. The normalized spacial score (nSPS) is 21.0. The molecule has 1 aliphatic rings. The third kappa shape index (κ3) is 4.53. The van der Waals surface area contributed by atoms with Crippen LogP contribution in [-0.4, -0.2) is 66.5 Å². The van der Waals surface area contributed by atoms with Crippen LogP contribution >= 0.6 is 11.8 Å². The van der Waals surface area contributed by atoms with E-state index < -0.39 is 9.84 Å². The Bertz CT molecular complexity index is 429. The number of hydrogen-bond acceptors (Lipinski definition) is 6. The predicted molar refractivity (Wildman–Crippen MR) is 84.3 cm³/mol. The van der Waals surface area contributed by atoms with Crippen LogP contribution in [0, 0.1) is 0 Å². The van der Waals surface area contributed by atoms with E-state index in [1.807, 2.05) is 6.26 Å². The number of thioether (sulfide) groups is 1. The van der Waals surface area contributed by atoms with Gasteiger partial charge in [-0.15, -0.1) is 0 Å². The Morgan fingerprint density at radius 2 is 2.05 bits per heavy atom. The summed E-state index contributed by atoms with van der Waals surface area (Å²) in [7, 11) is -2.87.